The molecule has 0 saturated carbocycles. The van der Waals surface area contributed by atoms with E-state index in [-0.39, 0.29) is 0 Å². The highest BCUT2D eigenvalue weighted by Crippen LogP contribution is 2.25. The summed E-state index contributed by atoms with van der Waals surface area (Å²) in [5, 5.41) is 9.00. The van der Waals surface area contributed by atoms with Crippen LogP contribution >= 0.6 is 0 Å². The monoisotopic (exact) mass is 292 g/mol. The van der Waals surface area contributed by atoms with Gasteiger partial charge in [0, 0.05) is 25.2 Å². The van der Waals surface area contributed by atoms with Gasteiger partial charge < -0.3 is 10.6 Å². The second-order valence-corrected chi connectivity index (χ2v) is 6.53. The summed E-state index contributed by atoms with van der Waals surface area (Å²) in [6.45, 7) is 15.8. The van der Waals surface area contributed by atoms with E-state index >= 15 is 0 Å². The van der Waals surface area contributed by atoms with Crippen molar-refractivity contribution >= 4 is 5.82 Å². The average Bonchev–Trinajstić information content (AvgIpc) is 2.43. The lowest BCUT2D eigenvalue weighted by molar-refractivity contribution is 0.544. The van der Waals surface area contributed by atoms with E-state index < -0.39 is 0 Å². The topological polar surface area (TPSA) is 55.0 Å². The molecule has 0 saturated heterocycles. The Balaban J connectivity index is 3.29. The number of anilines is 1. The Bertz CT molecular complexity index is 431. The quantitative estimate of drug-likeness (QED) is 0.799. The molecule has 0 aliphatic carbocycles. The van der Waals surface area contributed by atoms with Gasteiger partial charge in [0.2, 0.25) is 0 Å². The number of rotatable bonds is 8. The number of hydrogen-bond donors (Lipinski definition) is 1. The SMILES string of the molecule is CCc1nnc(N(CC(C)C)CC(C)C)c(CN)c1CC. The van der Waals surface area contributed by atoms with Gasteiger partial charge in [-0.25, -0.2) is 0 Å². The zero-order valence-electron chi connectivity index (χ0n) is 14.6. The summed E-state index contributed by atoms with van der Waals surface area (Å²) in [7, 11) is 0. The van der Waals surface area contributed by atoms with E-state index in [2.05, 4.69) is 56.6 Å². The summed E-state index contributed by atoms with van der Waals surface area (Å²) < 4.78 is 0. The molecular weight excluding hydrogens is 260 g/mol. The van der Waals surface area contributed by atoms with Crippen molar-refractivity contribution in [1.29, 1.82) is 0 Å². The van der Waals surface area contributed by atoms with Crippen LogP contribution in [-0.2, 0) is 19.4 Å². The smallest absolute Gasteiger partial charge is 0.156 e. The summed E-state index contributed by atoms with van der Waals surface area (Å²) in [6.07, 6.45) is 1.88. The Labute approximate surface area is 130 Å². The molecule has 21 heavy (non-hydrogen) atoms. The Morgan fingerprint density at radius 3 is 1.86 bits per heavy atom. The molecule has 0 unspecified atom stereocenters. The number of nitrogens with two attached hydrogens (primary N) is 1. The molecule has 0 radical (unpaired) electrons. The molecule has 0 fully saturated rings. The molecule has 4 heteroatoms. The van der Waals surface area contributed by atoms with Crippen molar-refractivity contribution in [2.45, 2.75) is 60.9 Å². The van der Waals surface area contributed by atoms with E-state index in [9.17, 15) is 0 Å². The highest BCUT2D eigenvalue weighted by molar-refractivity contribution is 5.51. The first-order valence-electron chi connectivity index (χ1n) is 8.26. The van der Waals surface area contributed by atoms with E-state index in [1.54, 1.807) is 0 Å². The van der Waals surface area contributed by atoms with Gasteiger partial charge in [0.15, 0.2) is 5.82 Å². The highest BCUT2D eigenvalue weighted by atomic mass is 15.3. The Morgan fingerprint density at radius 2 is 1.48 bits per heavy atom. The Morgan fingerprint density at radius 1 is 0.905 bits per heavy atom. The van der Waals surface area contributed by atoms with Crippen LogP contribution in [0.3, 0.4) is 0 Å². The molecule has 2 N–H and O–H groups in total. The van der Waals surface area contributed by atoms with E-state index in [1.165, 1.54) is 11.1 Å². The highest BCUT2D eigenvalue weighted by Gasteiger charge is 2.19. The minimum absolute atomic E-state index is 0.535. The molecule has 1 rings (SSSR count). The zero-order chi connectivity index (χ0) is 16.0. The third kappa shape index (κ3) is 4.67. The molecule has 0 bridgehead atoms. The van der Waals surface area contributed by atoms with E-state index in [4.69, 9.17) is 5.73 Å². The average molecular weight is 292 g/mol. The van der Waals surface area contributed by atoms with Gasteiger partial charge in [0.05, 0.1) is 5.69 Å². The van der Waals surface area contributed by atoms with Crippen LogP contribution in [0.5, 0.6) is 0 Å². The second-order valence-electron chi connectivity index (χ2n) is 6.53. The third-order valence-electron chi connectivity index (χ3n) is 3.61. The summed E-state index contributed by atoms with van der Waals surface area (Å²) in [5.41, 5.74) is 9.63. The number of aryl methyl sites for hydroxylation is 1. The van der Waals surface area contributed by atoms with Gasteiger partial charge in [-0.3, -0.25) is 0 Å². The first-order valence-corrected chi connectivity index (χ1v) is 8.26. The fourth-order valence-corrected chi connectivity index (χ4v) is 2.84. The van der Waals surface area contributed by atoms with E-state index in [1.807, 2.05) is 0 Å². The van der Waals surface area contributed by atoms with Crippen LogP contribution in [0.2, 0.25) is 0 Å². The largest absolute Gasteiger partial charge is 0.354 e. The van der Waals surface area contributed by atoms with Gasteiger partial charge in [-0.1, -0.05) is 41.5 Å². The summed E-state index contributed by atoms with van der Waals surface area (Å²) in [6, 6.07) is 0. The number of hydrogen-bond acceptors (Lipinski definition) is 4. The lowest BCUT2D eigenvalue weighted by Gasteiger charge is -2.29. The van der Waals surface area contributed by atoms with Crippen molar-refractivity contribution in [3.63, 3.8) is 0 Å². The Kier molecular flexibility index (Phi) is 7.09. The second kappa shape index (κ2) is 8.32. The summed E-state index contributed by atoms with van der Waals surface area (Å²) in [4.78, 5) is 2.36. The predicted molar refractivity (Wildman–Crippen MR) is 90.6 cm³/mol. The van der Waals surface area contributed by atoms with Gasteiger partial charge in [-0.15, -0.1) is 5.10 Å². The minimum atomic E-state index is 0.535. The molecule has 0 aliphatic heterocycles. The maximum absolute atomic E-state index is 6.06. The molecule has 4 nitrogen and oxygen atoms in total. The maximum Gasteiger partial charge on any atom is 0.156 e. The predicted octanol–water partition coefficient (Wildman–Crippen LogP) is 3.18. The molecule has 0 spiro atoms. The van der Waals surface area contributed by atoms with Crippen LogP contribution in [0, 0.1) is 11.8 Å². The molecule has 1 aromatic rings. The van der Waals surface area contributed by atoms with Gasteiger partial charge in [0.25, 0.3) is 0 Å². The van der Waals surface area contributed by atoms with Crippen molar-refractivity contribution in [3.05, 3.63) is 16.8 Å². The van der Waals surface area contributed by atoms with Crippen LogP contribution in [0.15, 0.2) is 0 Å². The van der Waals surface area contributed by atoms with Gasteiger partial charge in [0.1, 0.15) is 0 Å². The van der Waals surface area contributed by atoms with Gasteiger partial charge >= 0.3 is 0 Å². The fraction of sp³-hybridized carbons (Fsp3) is 0.765. The van der Waals surface area contributed by atoms with Crippen molar-refractivity contribution < 1.29 is 0 Å². The maximum atomic E-state index is 6.06. The lowest BCUT2D eigenvalue weighted by Crippen LogP contribution is -2.34. The van der Waals surface area contributed by atoms with Gasteiger partial charge in [-0.05, 0) is 30.2 Å². The van der Waals surface area contributed by atoms with Crippen molar-refractivity contribution in [2.24, 2.45) is 17.6 Å². The third-order valence-corrected chi connectivity index (χ3v) is 3.61. The van der Waals surface area contributed by atoms with Crippen LogP contribution in [0.1, 0.15) is 58.4 Å². The standard InChI is InChI=1S/C17H32N4/c1-7-14-15(9-18)17(20-19-16(14)8-2)21(10-12(3)4)11-13(5)6/h12-13H,7-11,18H2,1-6H3. The van der Waals surface area contributed by atoms with Crippen molar-refractivity contribution in [3.8, 4) is 0 Å². The fourth-order valence-electron chi connectivity index (χ4n) is 2.84. The summed E-state index contributed by atoms with van der Waals surface area (Å²) >= 11 is 0. The molecule has 1 heterocycles. The zero-order valence-corrected chi connectivity index (χ0v) is 14.6. The normalized spacial score (nSPS) is 11.5. The van der Waals surface area contributed by atoms with Gasteiger partial charge in [-0.2, -0.15) is 5.10 Å². The van der Waals surface area contributed by atoms with Crippen molar-refractivity contribution in [1.82, 2.24) is 10.2 Å². The first kappa shape index (κ1) is 17.9. The molecule has 0 aliphatic rings. The first-order chi connectivity index (χ1) is 9.94. The molecular formula is C17H32N4. The molecule has 0 aromatic carbocycles. The molecule has 1 aromatic heterocycles. The van der Waals surface area contributed by atoms with Crippen LogP contribution in [0.4, 0.5) is 5.82 Å². The molecule has 0 amide bonds. The van der Waals surface area contributed by atoms with Crippen LogP contribution in [-0.4, -0.2) is 23.3 Å². The van der Waals surface area contributed by atoms with E-state index in [0.717, 1.165) is 37.4 Å². The Hall–Kier alpha value is -1.16. The minimum Gasteiger partial charge on any atom is -0.354 e. The molecule has 120 valence electrons. The van der Waals surface area contributed by atoms with Crippen LogP contribution < -0.4 is 10.6 Å². The van der Waals surface area contributed by atoms with Crippen molar-refractivity contribution in [2.75, 3.05) is 18.0 Å². The summed E-state index contributed by atoms with van der Waals surface area (Å²) in [5.74, 6) is 2.17. The van der Waals surface area contributed by atoms with Crippen LogP contribution in [0.25, 0.3) is 0 Å². The number of nitrogens with zero attached hydrogens (tertiary/aromatic N) is 3. The molecule has 0 atom stereocenters. The van der Waals surface area contributed by atoms with E-state index in [0.29, 0.717) is 18.4 Å². The lowest BCUT2D eigenvalue weighted by atomic mass is 10.0. The number of aromatic nitrogens is 2.